The van der Waals surface area contributed by atoms with Crippen LogP contribution in [0.2, 0.25) is 0 Å². The van der Waals surface area contributed by atoms with Gasteiger partial charge in [-0.3, -0.25) is 0 Å². The molecule has 126 valence electrons. The van der Waals surface area contributed by atoms with E-state index in [0.717, 1.165) is 21.7 Å². The van der Waals surface area contributed by atoms with Gasteiger partial charge in [-0.05, 0) is 37.5 Å². The summed E-state index contributed by atoms with van der Waals surface area (Å²) in [5.74, 6) is 1.52. The molecule has 1 atom stereocenters. The van der Waals surface area contributed by atoms with Crippen molar-refractivity contribution in [2.75, 3.05) is 0 Å². The smallest absolute Gasteiger partial charge is 0.253 e. The molecular formula is C16H15N7OS. The van der Waals surface area contributed by atoms with E-state index in [9.17, 15) is 0 Å². The molecule has 0 saturated carbocycles. The first-order valence-electron chi connectivity index (χ1n) is 7.75. The molecule has 0 amide bonds. The fourth-order valence-electron chi connectivity index (χ4n) is 2.50. The molecule has 0 saturated heterocycles. The van der Waals surface area contributed by atoms with Crippen molar-refractivity contribution in [2.45, 2.75) is 26.8 Å². The predicted octanol–water partition coefficient (Wildman–Crippen LogP) is 3.07. The zero-order valence-corrected chi connectivity index (χ0v) is 14.7. The van der Waals surface area contributed by atoms with Gasteiger partial charge >= 0.3 is 0 Å². The van der Waals surface area contributed by atoms with Gasteiger partial charge in [0.1, 0.15) is 6.04 Å². The lowest BCUT2D eigenvalue weighted by molar-refractivity contribution is 0.320. The Kier molecular flexibility index (Phi) is 3.85. The van der Waals surface area contributed by atoms with Gasteiger partial charge < -0.3 is 4.52 Å². The Hall–Kier alpha value is -2.94. The third kappa shape index (κ3) is 2.82. The van der Waals surface area contributed by atoms with E-state index in [1.54, 1.807) is 0 Å². The number of hydrogen-bond donors (Lipinski definition) is 0. The molecule has 0 fully saturated rings. The summed E-state index contributed by atoms with van der Waals surface area (Å²) in [6.07, 6.45) is 0. The van der Waals surface area contributed by atoms with Crippen molar-refractivity contribution in [1.82, 2.24) is 34.7 Å². The third-order valence-electron chi connectivity index (χ3n) is 3.86. The summed E-state index contributed by atoms with van der Waals surface area (Å²) in [6, 6.07) is 9.36. The van der Waals surface area contributed by atoms with Gasteiger partial charge in [0.25, 0.3) is 5.89 Å². The first-order valence-corrected chi connectivity index (χ1v) is 8.52. The zero-order chi connectivity index (χ0) is 17.4. The number of benzene rings is 1. The lowest BCUT2D eigenvalue weighted by Crippen LogP contribution is -2.11. The first kappa shape index (κ1) is 15.6. The Labute approximate surface area is 147 Å². The Morgan fingerprint density at radius 3 is 2.64 bits per heavy atom. The van der Waals surface area contributed by atoms with Crippen LogP contribution in [-0.4, -0.2) is 34.7 Å². The van der Waals surface area contributed by atoms with Gasteiger partial charge in [-0.1, -0.05) is 35.5 Å². The lowest BCUT2D eigenvalue weighted by Gasteiger charge is -2.02. The van der Waals surface area contributed by atoms with Crippen LogP contribution in [0.25, 0.3) is 22.8 Å². The van der Waals surface area contributed by atoms with Crippen LogP contribution in [0.4, 0.5) is 0 Å². The van der Waals surface area contributed by atoms with Gasteiger partial charge in [-0.15, -0.1) is 10.2 Å². The van der Waals surface area contributed by atoms with Gasteiger partial charge in [-0.25, -0.2) is 0 Å². The monoisotopic (exact) mass is 353 g/mol. The topological polar surface area (TPSA) is 95.4 Å². The largest absolute Gasteiger partial charge is 0.337 e. The van der Waals surface area contributed by atoms with Crippen molar-refractivity contribution < 1.29 is 4.52 Å². The van der Waals surface area contributed by atoms with Crippen molar-refractivity contribution in [1.29, 1.82) is 0 Å². The minimum atomic E-state index is -0.321. The average Bonchev–Trinajstić information content (AvgIpc) is 3.35. The van der Waals surface area contributed by atoms with E-state index in [2.05, 4.69) is 29.9 Å². The molecule has 0 bridgehead atoms. The molecule has 0 N–H and O–H groups in total. The highest BCUT2D eigenvalue weighted by atomic mass is 32.1. The van der Waals surface area contributed by atoms with E-state index in [4.69, 9.17) is 4.52 Å². The summed E-state index contributed by atoms with van der Waals surface area (Å²) in [4.78, 5) is 7.03. The van der Waals surface area contributed by atoms with Gasteiger partial charge in [0.2, 0.25) is 11.6 Å². The maximum atomic E-state index is 5.42. The molecule has 0 spiro atoms. The third-order valence-corrected chi connectivity index (χ3v) is 4.71. The highest BCUT2D eigenvalue weighted by Gasteiger charge is 2.22. The summed E-state index contributed by atoms with van der Waals surface area (Å²) >= 11 is 1.43. The maximum Gasteiger partial charge on any atom is 0.253 e. The van der Waals surface area contributed by atoms with Gasteiger partial charge in [0, 0.05) is 10.4 Å². The number of aromatic nitrogens is 7. The minimum absolute atomic E-state index is 0.321. The fourth-order valence-corrected chi connectivity index (χ4v) is 3.19. The molecule has 3 aromatic heterocycles. The molecule has 25 heavy (non-hydrogen) atoms. The maximum absolute atomic E-state index is 5.42. The van der Waals surface area contributed by atoms with Crippen LogP contribution in [-0.2, 0) is 0 Å². The van der Waals surface area contributed by atoms with E-state index in [1.807, 2.05) is 51.1 Å². The molecule has 4 rings (SSSR count). The van der Waals surface area contributed by atoms with E-state index in [0.29, 0.717) is 17.5 Å². The first-order chi connectivity index (χ1) is 12.1. The molecule has 9 heteroatoms. The van der Waals surface area contributed by atoms with E-state index >= 15 is 0 Å². The highest BCUT2D eigenvalue weighted by Crippen LogP contribution is 2.28. The zero-order valence-electron chi connectivity index (χ0n) is 13.9. The van der Waals surface area contributed by atoms with Crippen molar-refractivity contribution in [3.63, 3.8) is 0 Å². The van der Waals surface area contributed by atoms with E-state index in [1.165, 1.54) is 16.3 Å². The second kappa shape index (κ2) is 6.17. The molecule has 3 heterocycles. The molecular weight excluding hydrogens is 338 g/mol. The van der Waals surface area contributed by atoms with Crippen molar-refractivity contribution in [2.24, 2.45) is 0 Å². The van der Waals surface area contributed by atoms with E-state index < -0.39 is 0 Å². The van der Waals surface area contributed by atoms with Crippen LogP contribution in [0, 0.1) is 13.8 Å². The number of aryl methyl sites for hydroxylation is 2. The number of nitrogens with zero attached hydrogens (tertiary/aromatic N) is 7. The van der Waals surface area contributed by atoms with Crippen LogP contribution < -0.4 is 0 Å². The van der Waals surface area contributed by atoms with Crippen molar-refractivity contribution >= 4 is 11.5 Å². The van der Waals surface area contributed by atoms with E-state index in [-0.39, 0.29) is 6.04 Å². The molecule has 0 aliphatic rings. The minimum Gasteiger partial charge on any atom is -0.337 e. The van der Waals surface area contributed by atoms with Gasteiger partial charge in [0.05, 0.1) is 11.3 Å². The standard InChI is InChI=1S/C16H15N7OS/c1-9-13(11(3)25-21-9)15-17-16(24-20-15)10(2)23-19-14(18-22-23)12-7-5-4-6-8-12/h4-8,10H,1-3H3. The number of tetrazole rings is 1. The van der Waals surface area contributed by atoms with Gasteiger partial charge in [-0.2, -0.15) is 14.2 Å². The second-order valence-electron chi connectivity index (χ2n) is 5.63. The Morgan fingerprint density at radius 2 is 1.92 bits per heavy atom. The van der Waals surface area contributed by atoms with Crippen LogP contribution in [0.1, 0.15) is 29.4 Å². The van der Waals surface area contributed by atoms with Crippen LogP contribution in [0.5, 0.6) is 0 Å². The molecule has 4 aromatic rings. The van der Waals surface area contributed by atoms with Crippen molar-refractivity contribution in [3.8, 4) is 22.8 Å². The molecule has 0 aliphatic heterocycles. The fraction of sp³-hybridized carbons (Fsp3) is 0.250. The summed E-state index contributed by atoms with van der Waals surface area (Å²) < 4.78 is 9.74. The summed E-state index contributed by atoms with van der Waals surface area (Å²) in [7, 11) is 0. The summed E-state index contributed by atoms with van der Waals surface area (Å²) in [5.41, 5.74) is 2.72. The molecule has 1 unspecified atom stereocenters. The van der Waals surface area contributed by atoms with Crippen LogP contribution in [0.3, 0.4) is 0 Å². The lowest BCUT2D eigenvalue weighted by atomic mass is 10.2. The molecule has 1 aromatic carbocycles. The normalized spacial score (nSPS) is 12.4. The van der Waals surface area contributed by atoms with Gasteiger partial charge in [0.15, 0.2) is 0 Å². The second-order valence-corrected chi connectivity index (χ2v) is 6.61. The average molecular weight is 353 g/mol. The Balaban J connectivity index is 1.62. The highest BCUT2D eigenvalue weighted by molar-refractivity contribution is 7.06. The molecule has 0 radical (unpaired) electrons. The van der Waals surface area contributed by atoms with Crippen LogP contribution in [0.15, 0.2) is 34.9 Å². The molecule has 8 nitrogen and oxygen atoms in total. The molecule has 0 aliphatic carbocycles. The Morgan fingerprint density at radius 1 is 1.12 bits per heavy atom. The van der Waals surface area contributed by atoms with Crippen LogP contribution >= 0.6 is 11.5 Å². The Bertz CT molecular complexity index is 985. The quantitative estimate of drug-likeness (QED) is 0.556. The predicted molar refractivity (Wildman–Crippen MR) is 91.9 cm³/mol. The summed E-state index contributed by atoms with van der Waals surface area (Å²) in [5, 5.41) is 16.7. The number of rotatable bonds is 4. The van der Waals surface area contributed by atoms with Crippen molar-refractivity contribution in [3.05, 3.63) is 46.8 Å². The summed E-state index contributed by atoms with van der Waals surface area (Å²) in [6.45, 7) is 5.81. The SMILES string of the molecule is Cc1nsc(C)c1-c1noc(C(C)n2nnc(-c3ccccc3)n2)n1. The number of hydrogen-bond acceptors (Lipinski definition) is 8.